The van der Waals surface area contributed by atoms with E-state index in [1.807, 2.05) is 49.9 Å². The third kappa shape index (κ3) is 5.51. The van der Waals surface area contributed by atoms with Crippen LogP contribution >= 0.6 is 11.6 Å². The van der Waals surface area contributed by atoms with Gasteiger partial charge in [0.25, 0.3) is 5.91 Å². The van der Waals surface area contributed by atoms with Crippen molar-refractivity contribution in [2.45, 2.75) is 45.6 Å². The molecular weight excluding hydrogens is 386 g/mol. The summed E-state index contributed by atoms with van der Waals surface area (Å²) in [7, 11) is 0. The summed E-state index contributed by atoms with van der Waals surface area (Å²) in [6.45, 7) is 7.16. The van der Waals surface area contributed by atoms with Crippen LogP contribution in [0.2, 0.25) is 5.02 Å². The van der Waals surface area contributed by atoms with Gasteiger partial charge in [-0.15, -0.1) is 0 Å². The number of piperidine rings is 1. The molecule has 1 saturated heterocycles. The smallest absolute Gasteiger partial charge is 0.319 e. The minimum atomic E-state index is -0.267. The van der Waals surface area contributed by atoms with Crippen LogP contribution in [-0.4, -0.2) is 36.0 Å². The lowest BCUT2D eigenvalue weighted by Gasteiger charge is -2.32. The van der Waals surface area contributed by atoms with E-state index < -0.39 is 0 Å². The van der Waals surface area contributed by atoms with E-state index in [1.54, 1.807) is 6.07 Å². The molecule has 5 nitrogen and oxygen atoms in total. The zero-order valence-electron chi connectivity index (χ0n) is 17.2. The van der Waals surface area contributed by atoms with Gasteiger partial charge in [-0.1, -0.05) is 29.8 Å². The maximum absolute atomic E-state index is 13.0. The number of hydrogen-bond donors (Lipinski definition) is 2. The van der Waals surface area contributed by atoms with Gasteiger partial charge in [0.05, 0.1) is 0 Å². The first-order chi connectivity index (χ1) is 13.8. The number of anilines is 1. The van der Waals surface area contributed by atoms with Crippen LogP contribution in [0.25, 0.3) is 0 Å². The maximum Gasteiger partial charge on any atom is 0.319 e. The molecule has 1 aliphatic rings. The molecule has 0 radical (unpaired) electrons. The highest BCUT2D eigenvalue weighted by molar-refractivity contribution is 6.30. The van der Waals surface area contributed by atoms with Crippen molar-refractivity contribution in [2.75, 3.05) is 18.4 Å². The molecule has 6 heteroatoms. The van der Waals surface area contributed by atoms with Crippen LogP contribution in [0.1, 0.15) is 54.1 Å². The molecule has 3 rings (SSSR count). The van der Waals surface area contributed by atoms with Crippen molar-refractivity contribution < 1.29 is 9.59 Å². The Labute approximate surface area is 177 Å². The first kappa shape index (κ1) is 21.2. The second-order valence-electron chi connectivity index (χ2n) is 7.90. The van der Waals surface area contributed by atoms with Crippen LogP contribution in [0.3, 0.4) is 0 Å². The number of carbonyl (C=O) groups excluding carboxylic acids is 2. The molecule has 2 aromatic carbocycles. The summed E-state index contributed by atoms with van der Waals surface area (Å²) in [6.07, 6.45) is 1.86. The molecule has 1 fully saturated rings. The van der Waals surface area contributed by atoms with Crippen molar-refractivity contribution in [1.82, 2.24) is 10.2 Å². The number of hydrogen-bond acceptors (Lipinski definition) is 2. The van der Waals surface area contributed by atoms with Crippen LogP contribution in [0.5, 0.6) is 0 Å². The van der Waals surface area contributed by atoms with Crippen molar-refractivity contribution in [2.24, 2.45) is 0 Å². The molecule has 2 N–H and O–H groups in total. The Kier molecular flexibility index (Phi) is 6.80. The predicted octanol–water partition coefficient (Wildman–Crippen LogP) is 5.20. The van der Waals surface area contributed by atoms with Crippen LogP contribution in [0.15, 0.2) is 42.5 Å². The third-order valence-electron chi connectivity index (χ3n) is 5.28. The van der Waals surface area contributed by atoms with Crippen LogP contribution in [0.4, 0.5) is 10.5 Å². The second-order valence-corrected chi connectivity index (χ2v) is 8.34. The standard InChI is InChI=1S/C23H28ClN3O2/c1-15(2)25-23(29)26-21-14-19(5-4-16(21)3)22(28)27-12-10-18(11-13-27)17-6-8-20(24)9-7-17/h4-9,14-15,18H,10-13H2,1-3H3,(H2,25,26,29). The van der Waals surface area contributed by atoms with Gasteiger partial charge in [-0.25, -0.2) is 4.79 Å². The fraction of sp³-hybridized carbons (Fsp3) is 0.391. The average molecular weight is 414 g/mol. The summed E-state index contributed by atoms with van der Waals surface area (Å²) < 4.78 is 0. The van der Waals surface area contributed by atoms with Crippen molar-refractivity contribution in [3.63, 3.8) is 0 Å². The van der Waals surface area contributed by atoms with Gasteiger partial charge in [0.15, 0.2) is 0 Å². The van der Waals surface area contributed by atoms with E-state index in [-0.39, 0.29) is 18.0 Å². The summed E-state index contributed by atoms with van der Waals surface area (Å²) >= 11 is 5.98. The molecule has 154 valence electrons. The molecule has 1 heterocycles. The molecule has 3 amide bonds. The fourth-order valence-electron chi connectivity index (χ4n) is 3.64. The molecule has 0 atom stereocenters. The lowest BCUT2D eigenvalue weighted by molar-refractivity contribution is 0.0713. The van der Waals surface area contributed by atoms with Crippen molar-refractivity contribution in [3.05, 3.63) is 64.2 Å². The SMILES string of the molecule is Cc1ccc(C(=O)N2CCC(c3ccc(Cl)cc3)CC2)cc1NC(=O)NC(C)C. The number of carbonyl (C=O) groups is 2. The molecular formula is C23H28ClN3O2. The van der Waals surface area contributed by atoms with Crippen LogP contribution in [0, 0.1) is 6.92 Å². The highest BCUT2D eigenvalue weighted by Gasteiger charge is 2.25. The minimum Gasteiger partial charge on any atom is -0.339 e. The molecule has 0 aromatic heterocycles. The van der Waals surface area contributed by atoms with Gasteiger partial charge in [-0.2, -0.15) is 0 Å². The highest BCUT2D eigenvalue weighted by atomic mass is 35.5. The number of benzene rings is 2. The first-order valence-electron chi connectivity index (χ1n) is 10.1. The number of halogens is 1. The topological polar surface area (TPSA) is 61.4 Å². The van der Waals surface area contributed by atoms with E-state index in [0.717, 1.165) is 36.5 Å². The van der Waals surface area contributed by atoms with Crippen LogP contribution in [-0.2, 0) is 0 Å². The zero-order chi connectivity index (χ0) is 21.0. The Morgan fingerprint density at radius 3 is 2.34 bits per heavy atom. The summed E-state index contributed by atoms with van der Waals surface area (Å²) in [6, 6.07) is 13.2. The van der Waals surface area contributed by atoms with E-state index in [0.29, 0.717) is 17.2 Å². The van der Waals surface area contributed by atoms with E-state index in [4.69, 9.17) is 11.6 Å². The van der Waals surface area contributed by atoms with Gasteiger partial charge in [-0.05, 0) is 74.9 Å². The molecule has 0 aliphatic carbocycles. The van der Waals surface area contributed by atoms with Crippen molar-refractivity contribution >= 4 is 29.2 Å². The number of rotatable bonds is 4. The maximum atomic E-state index is 13.0. The average Bonchev–Trinajstić information content (AvgIpc) is 2.69. The summed E-state index contributed by atoms with van der Waals surface area (Å²) in [5.41, 5.74) is 3.45. The minimum absolute atomic E-state index is 0.00636. The Morgan fingerprint density at radius 2 is 1.72 bits per heavy atom. The Bertz CT molecular complexity index is 872. The van der Waals surface area contributed by atoms with E-state index in [2.05, 4.69) is 22.8 Å². The van der Waals surface area contributed by atoms with Crippen molar-refractivity contribution in [3.8, 4) is 0 Å². The van der Waals surface area contributed by atoms with Crippen LogP contribution < -0.4 is 10.6 Å². The summed E-state index contributed by atoms with van der Waals surface area (Å²) in [5, 5.41) is 6.38. The molecule has 0 spiro atoms. The Balaban J connectivity index is 1.64. The number of aryl methyl sites for hydroxylation is 1. The van der Waals surface area contributed by atoms with E-state index >= 15 is 0 Å². The number of nitrogens with one attached hydrogen (secondary N) is 2. The lowest BCUT2D eigenvalue weighted by atomic mass is 9.89. The molecule has 0 unspecified atom stereocenters. The molecule has 0 bridgehead atoms. The number of likely N-dealkylation sites (tertiary alicyclic amines) is 1. The van der Waals surface area contributed by atoms with Gasteiger partial charge in [0, 0.05) is 35.4 Å². The number of amides is 3. The Hall–Kier alpha value is -2.53. The summed E-state index contributed by atoms with van der Waals surface area (Å²) in [4.78, 5) is 26.9. The fourth-order valence-corrected chi connectivity index (χ4v) is 3.77. The molecule has 29 heavy (non-hydrogen) atoms. The monoisotopic (exact) mass is 413 g/mol. The number of urea groups is 1. The van der Waals surface area contributed by atoms with Gasteiger partial charge >= 0.3 is 6.03 Å². The molecule has 0 saturated carbocycles. The van der Waals surface area contributed by atoms with E-state index in [1.165, 1.54) is 5.56 Å². The first-order valence-corrected chi connectivity index (χ1v) is 10.4. The van der Waals surface area contributed by atoms with Gasteiger partial charge in [0.2, 0.25) is 0 Å². The second kappa shape index (κ2) is 9.31. The van der Waals surface area contributed by atoms with Gasteiger partial charge in [0.1, 0.15) is 0 Å². The zero-order valence-corrected chi connectivity index (χ0v) is 17.9. The third-order valence-corrected chi connectivity index (χ3v) is 5.53. The summed E-state index contributed by atoms with van der Waals surface area (Å²) in [5.74, 6) is 0.457. The Morgan fingerprint density at radius 1 is 1.07 bits per heavy atom. The van der Waals surface area contributed by atoms with Gasteiger partial charge < -0.3 is 15.5 Å². The van der Waals surface area contributed by atoms with Crippen molar-refractivity contribution in [1.29, 1.82) is 0 Å². The lowest BCUT2D eigenvalue weighted by Crippen LogP contribution is -2.38. The largest absolute Gasteiger partial charge is 0.339 e. The normalized spacial score (nSPS) is 14.7. The predicted molar refractivity (Wildman–Crippen MR) is 118 cm³/mol. The molecule has 1 aliphatic heterocycles. The molecule has 2 aromatic rings. The highest BCUT2D eigenvalue weighted by Crippen LogP contribution is 2.30. The number of nitrogens with zero attached hydrogens (tertiary/aromatic N) is 1. The quantitative estimate of drug-likeness (QED) is 0.723. The van der Waals surface area contributed by atoms with Gasteiger partial charge in [-0.3, -0.25) is 4.79 Å². The van der Waals surface area contributed by atoms with E-state index in [9.17, 15) is 9.59 Å².